The summed E-state index contributed by atoms with van der Waals surface area (Å²) in [4.78, 5) is 11.7. The second kappa shape index (κ2) is 6.56. The van der Waals surface area contributed by atoms with Crippen molar-refractivity contribution in [1.29, 1.82) is 0 Å². The summed E-state index contributed by atoms with van der Waals surface area (Å²) in [5, 5.41) is 13.6. The highest BCUT2D eigenvalue weighted by atomic mass is 35.5. The van der Waals surface area contributed by atoms with Gasteiger partial charge in [-0.05, 0) is 30.3 Å². The van der Waals surface area contributed by atoms with Crippen LogP contribution in [0.3, 0.4) is 0 Å². The fraction of sp³-hybridized carbons (Fsp3) is 0. The number of nitrogens with zero attached hydrogens (tertiary/aromatic N) is 1. The van der Waals surface area contributed by atoms with Crippen LogP contribution in [0.2, 0.25) is 10.0 Å². The molecule has 0 atom stereocenters. The van der Waals surface area contributed by atoms with Crippen molar-refractivity contribution in [3.8, 4) is 5.75 Å². The summed E-state index contributed by atoms with van der Waals surface area (Å²) in [7, 11) is 0. The number of phenols is 1. The molecule has 0 saturated carbocycles. The van der Waals surface area contributed by atoms with Crippen molar-refractivity contribution in [2.24, 2.45) is 5.10 Å². The van der Waals surface area contributed by atoms with Crippen molar-refractivity contribution in [3.05, 3.63) is 63.4 Å². The van der Waals surface area contributed by atoms with Gasteiger partial charge >= 0.3 is 0 Å². The van der Waals surface area contributed by atoms with E-state index < -0.39 is 11.7 Å². The Kier molecular flexibility index (Phi) is 4.77. The highest BCUT2D eigenvalue weighted by Crippen LogP contribution is 2.33. The molecule has 7 heteroatoms. The molecule has 0 bridgehead atoms. The summed E-state index contributed by atoms with van der Waals surface area (Å²) in [5.41, 5.74) is 2.62. The second-order valence-corrected chi connectivity index (χ2v) is 4.79. The normalized spacial score (nSPS) is 10.8. The maximum atomic E-state index is 13.0. The third-order valence-corrected chi connectivity index (χ3v) is 3.35. The third-order valence-electron chi connectivity index (χ3n) is 2.56. The smallest absolute Gasteiger partial charge is 0.271 e. The van der Waals surface area contributed by atoms with Gasteiger partial charge in [0.25, 0.3) is 5.91 Å². The average Bonchev–Trinajstić information content (AvgIpc) is 2.47. The average molecular weight is 327 g/mol. The van der Waals surface area contributed by atoms with Crippen LogP contribution in [0.4, 0.5) is 4.39 Å². The molecule has 2 rings (SSSR count). The van der Waals surface area contributed by atoms with E-state index in [0.29, 0.717) is 0 Å². The molecule has 0 spiro atoms. The lowest BCUT2D eigenvalue weighted by Crippen LogP contribution is -2.17. The number of hydrogen-bond acceptors (Lipinski definition) is 3. The van der Waals surface area contributed by atoms with Gasteiger partial charge < -0.3 is 5.11 Å². The van der Waals surface area contributed by atoms with Gasteiger partial charge in [-0.2, -0.15) is 5.10 Å². The Bertz CT molecular complexity index is 720. The van der Waals surface area contributed by atoms with E-state index in [4.69, 9.17) is 23.2 Å². The van der Waals surface area contributed by atoms with Crippen LogP contribution in [0.1, 0.15) is 15.9 Å². The zero-order valence-corrected chi connectivity index (χ0v) is 12.0. The van der Waals surface area contributed by atoms with Crippen molar-refractivity contribution >= 4 is 35.3 Å². The minimum absolute atomic E-state index is 0.00271. The molecule has 1 amide bonds. The number of phenolic OH excluding ortho intramolecular Hbond substituents is 1. The number of nitrogens with one attached hydrogen (secondary N) is 1. The van der Waals surface area contributed by atoms with Crippen LogP contribution in [0.15, 0.2) is 41.5 Å². The van der Waals surface area contributed by atoms with E-state index in [-0.39, 0.29) is 26.9 Å². The summed E-state index contributed by atoms with van der Waals surface area (Å²) in [6.07, 6.45) is 1.20. The summed E-state index contributed by atoms with van der Waals surface area (Å²) in [6.45, 7) is 0. The van der Waals surface area contributed by atoms with Crippen LogP contribution in [-0.4, -0.2) is 17.2 Å². The fourth-order valence-corrected chi connectivity index (χ4v) is 1.84. The predicted octanol–water partition coefficient (Wildman–Crippen LogP) is 3.60. The van der Waals surface area contributed by atoms with E-state index >= 15 is 0 Å². The Morgan fingerprint density at radius 2 is 2.05 bits per heavy atom. The Morgan fingerprint density at radius 3 is 2.76 bits per heavy atom. The number of halogens is 3. The lowest BCUT2D eigenvalue weighted by atomic mass is 10.2. The molecular weight excluding hydrogens is 318 g/mol. The second-order valence-electron chi connectivity index (χ2n) is 4.01. The Labute approximate surface area is 129 Å². The van der Waals surface area contributed by atoms with Crippen LogP contribution in [0, 0.1) is 5.82 Å². The molecule has 0 aliphatic rings. The minimum Gasteiger partial charge on any atom is -0.506 e. The topological polar surface area (TPSA) is 61.7 Å². The van der Waals surface area contributed by atoms with Crippen molar-refractivity contribution in [2.75, 3.05) is 0 Å². The number of carbonyl (C=O) groups excluding carboxylic acids is 1. The first-order chi connectivity index (χ1) is 9.99. The van der Waals surface area contributed by atoms with E-state index in [1.807, 2.05) is 0 Å². The van der Waals surface area contributed by atoms with E-state index in [9.17, 15) is 14.3 Å². The number of amides is 1. The fourth-order valence-electron chi connectivity index (χ4n) is 1.51. The molecule has 0 fully saturated rings. The number of hydrazone groups is 1. The predicted molar refractivity (Wildman–Crippen MR) is 79.6 cm³/mol. The van der Waals surface area contributed by atoms with Gasteiger partial charge in [-0.3, -0.25) is 4.79 Å². The highest BCUT2D eigenvalue weighted by molar-refractivity contribution is 6.43. The van der Waals surface area contributed by atoms with Gasteiger partial charge in [0, 0.05) is 11.1 Å². The van der Waals surface area contributed by atoms with Crippen molar-refractivity contribution < 1.29 is 14.3 Å². The van der Waals surface area contributed by atoms with Crippen LogP contribution in [-0.2, 0) is 0 Å². The molecule has 0 heterocycles. The van der Waals surface area contributed by atoms with Crippen LogP contribution in [0.25, 0.3) is 0 Å². The standard InChI is InChI=1S/C14H9Cl2FN2O2/c15-11-5-4-9(13(20)12(11)16)7-18-19-14(21)8-2-1-3-10(17)6-8/h1-7,20H,(H,19,21)/b18-7+. The van der Waals surface area contributed by atoms with Gasteiger partial charge in [0.15, 0.2) is 0 Å². The summed E-state index contributed by atoms with van der Waals surface area (Å²) in [6, 6.07) is 8.15. The molecule has 0 aromatic heterocycles. The number of aromatic hydroxyl groups is 1. The molecule has 0 radical (unpaired) electrons. The molecule has 2 aromatic carbocycles. The van der Waals surface area contributed by atoms with Crippen molar-refractivity contribution in [2.45, 2.75) is 0 Å². The van der Waals surface area contributed by atoms with Gasteiger partial charge in [0.05, 0.1) is 11.2 Å². The van der Waals surface area contributed by atoms with Gasteiger partial charge in [-0.15, -0.1) is 0 Å². The lowest BCUT2D eigenvalue weighted by Gasteiger charge is -2.03. The first kappa shape index (κ1) is 15.3. The third kappa shape index (κ3) is 3.71. The van der Waals surface area contributed by atoms with E-state index in [1.165, 1.54) is 36.5 Å². The molecule has 2 N–H and O–H groups in total. The molecule has 0 saturated heterocycles. The Morgan fingerprint density at radius 1 is 1.29 bits per heavy atom. The van der Waals surface area contributed by atoms with Gasteiger partial charge in [0.2, 0.25) is 0 Å². The van der Waals surface area contributed by atoms with Crippen LogP contribution < -0.4 is 5.43 Å². The number of benzene rings is 2. The quantitative estimate of drug-likeness (QED) is 0.668. The zero-order chi connectivity index (χ0) is 15.4. The molecule has 0 aliphatic heterocycles. The number of hydrogen-bond donors (Lipinski definition) is 2. The molecule has 2 aromatic rings. The molecule has 0 aliphatic carbocycles. The zero-order valence-electron chi connectivity index (χ0n) is 10.5. The monoisotopic (exact) mass is 326 g/mol. The maximum Gasteiger partial charge on any atom is 0.271 e. The van der Waals surface area contributed by atoms with E-state index in [2.05, 4.69) is 10.5 Å². The summed E-state index contributed by atoms with van der Waals surface area (Å²) in [5.74, 6) is -1.34. The van der Waals surface area contributed by atoms with Crippen molar-refractivity contribution in [1.82, 2.24) is 5.43 Å². The SMILES string of the molecule is O=C(N/N=C/c1ccc(Cl)c(Cl)c1O)c1cccc(F)c1. The molecular formula is C14H9Cl2FN2O2. The first-order valence-electron chi connectivity index (χ1n) is 5.75. The van der Waals surface area contributed by atoms with E-state index in [1.54, 1.807) is 0 Å². The molecule has 108 valence electrons. The lowest BCUT2D eigenvalue weighted by molar-refractivity contribution is 0.0954. The van der Waals surface area contributed by atoms with Crippen LogP contribution in [0.5, 0.6) is 5.75 Å². The van der Waals surface area contributed by atoms with Gasteiger partial charge in [-0.25, -0.2) is 9.82 Å². The largest absolute Gasteiger partial charge is 0.506 e. The summed E-state index contributed by atoms with van der Waals surface area (Å²) < 4.78 is 13.0. The Balaban J connectivity index is 2.09. The van der Waals surface area contributed by atoms with Crippen molar-refractivity contribution in [3.63, 3.8) is 0 Å². The van der Waals surface area contributed by atoms with Crippen LogP contribution >= 0.6 is 23.2 Å². The number of carbonyl (C=O) groups is 1. The molecule has 21 heavy (non-hydrogen) atoms. The summed E-state index contributed by atoms with van der Waals surface area (Å²) >= 11 is 11.5. The Hall–Kier alpha value is -2.11. The number of rotatable bonds is 3. The maximum absolute atomic E-state index is 13.0. The van der Waals surface area contributed by atoms with E-state index in [0.717, 1.165) is 6.07 Å². The van der Waals surface area contributed by atoms with Gasteiger partial charge in [0.1, 0.15) is 16.6 Å². The minimum atomic E-state index is -0.578. The van der Waals surface area contributed by atoms with Gasteiger partial charge in [-0.1, -0.05) is 29.3 Å². The highest BCUT2D eigenvalue weighted by Gasteiger charge is 2.08. The molecule has 4 nitrogen and oxygen atoms in total. The first-order valence-corrected chi connectivity index (χ1v) is 6.50. The molecule has 0 unspecified atom stereocenters.